The Morgan fingerprint density at radius 3 is 2.82 bits per heavy atom. The number of rotatable bonds is 5. The number of halogens is 1. The Bertz CT molecular complexity index is 396. The van der Waals surface area contributed by atoms with Gasteiger partial charge in [-0.15, -0.1) is 0 Å². The van der Waals surface area contributed by atoms with E-state index < -0.39 is 0 Å². The van der Waals surface area contributed by atoms with E-state index in [1.807, 2.05) is 6.92 Å². The number of ether oxygens (including phenoxy) is 1. The SMILES string of the molecule is CCNC(=O)C(C)Nc1ccc(Cl)c(OC)c1. The van der Waals surface area contributed by atoms with E-state index in [-0.39, 0.29) is 11.9 Å². The summed E-state index contributed by atoms with van der Waals surface area (Å²) in [4.78, 5) is 11.5. The number of methoxy groups -OCH3 is 1. The molecule has 0 fully saturated rings. The third-order valence-electron chi connectivity index (χ3n) is 2.28. The van der Waals surface area contributed by atoms with Gasteiger partial charge in [-0.1, -0.05) is 11.6 Å². The highest BCUT2D eigenvalue weighted by atomic mass is 35.5. The lowest BCUT2D eigenvalue weighted by Gasteiger charge is -2.15. The third kappa shape index (κ3) is 3.82. The molecule has 17 heavy (non-hydrogen) atoms. The normalized spacial score (nSPS) is 11.8. The zero-order valence-electron chi connectivity index (χ0n) is 10.2. The van der Waals surface area contributed by atoms with E-state index in [4.69, 9.17) is 16.3 Å². The van der Waals surface area contributed by atoms with Crippen molar-refractivity contribution in [3.8, 4) is 5.75 Å². The number of nitrogens with one attached hydrogen (secondary N) is 2. The predicted octanol–water partition coefficient (Wildman–Crippen LogP) is 2.29. The number of amides is 1. The zero-order valence-corrected chi connectivity index (χ0v) is 11.0. The molecule has 5 heteroatoms. The van der Waals surface area contributed by atoms with Gasteiger partial charge in [0.2, 0.25) is 5.91 Å². The largest absolute Gasteiger partial charge is 0.495 e. The highest BCUT2D eigenvalue weighted by Gasteiger charge is 2.12. The molecule has 0 heterocycles. The number of likely N-dealkylation sites (N-methyl/N-ethyl adjacent to an activating group) is 1. The lowest BCUT2D eigenvalue weighted by molar-refractivity contribution is -0.121. The van der Waals surface area contributed by atoms with Crippen LogP contribution in [0, 0.1) is 0 Å². The number of carbonyl (C=O) groups excluding carboxylic acids is 1. The van der Waals surface area contributed by atoms with Gasteiger partial charge in [0.15, 0.2) is 0 Å². The van der Waals surface area contributed by atoms with Gasteiger partial charge in [-0.2, -0.15) is 0 Å². The van der Waals surface area contributed by atoms with Crippen molar-refractivity contribution in [1.82, 2.24) is 5.32 Å². The Kier molecular flexibility index (Phi) is 5.10. The van der Waals surface area contributed by atoms with Crippen LogP contribution in [0.3, 0.4) is 0 Å². The molecule has 0 spiro atoms. The summed E-state index contributed by atoms with van der Waals surface area (Å²) in [5.74, 6) is 0.543. The highest BCUT2D eigenvalue weighted by molar-refractivity contribution is 6.32. The van der Waals surface area contributed by atoms with Gasteiger partial charge >= 0.3 is 0 Å². The molecule has 1 amide bonds. The van der Waals surface area contributed by atoms with E-state index in [1.54, 1.807) is 32.2 Å². The molecule has 0 aliphatic carbocycles. The highest BCUT2D eigenvalue weighted by Crippen LogP contribution is 2.27. The Balaban J connectivity index is 2.71. The van der Waals surface area contributed by atoms with E-state index in [1.165, 1.54) is 0 Å². The molecular formula is C12H17ClN2O2. The molecule has 0 aliphatic rings. The van der Waals surface area contributed by atoms with Crippen molar-refractivity contribution in [1.29, 1.82) is 0 Å². The molecule has 1 atom stereocenters. The second kappa shape index (κ2) is 6.35. The molecule has 0 bridgehead atoms. The van der Waals surface area contributed by atoms with Gasteiger partial charge in [0.05, 0.1) is 12.1 Å². The van der Waals surface area contributed by atoms with E-state index in [0.29, 0.717) is 17.3 Å². The van der Waals surface area contributed by atoms with Gasteiger partial charge in [0.1, 0.15) is 11.8 Å². The van der Waals surface area contributed by atoms with Crippen LogP contribution in [0.25, 0.3) is 0 Å². The summed E-state index contributed by atoms with van der Waals surface area (Å²) in [6.07, 6.45) is 0. The fourth-order valence-electron chi connectivity index (χ4n) is 1.39. The summed E-state index contributed by atoms with van der Waals surface area (Å²) in [7, 11) is 1.55. The number of hydrogen-bond donors (Lipinski definition) is 2. The zero-order chi connectivity index (χ0) is 12.8. The molecule has 0 radical (unpaired) electrons. The summed E-state index contributed by atoms with van der Waals surface area (Å²) >= 11 is 5.91. The summed E-state index contributed by atoms with van der Waals surface area (Å²) in [5.41, 5.74) is 0.796. The van der Waals surface area contributed by atoms with Crippen LogP contribution < -0.4 is 15.4 Å². The molecule has 0 aliphatic heterocycles. The van der Waals surface area contributed by atoms with Gasteiger partial charge in [-0.05, 0) is 26.0 Å². The minimum Gasteiger partial charge on any atom is -0.495 e. The van der Waals surface area contributed by atoms with Gasteiger partial charge in [-0.25, -0.2) is 0 Å². The second-order valence-electron chi connectivity index (χ2n) is 3.61. The van der Waals surface area contributed by atoms with E-state index >= 15 is 0 Å². The number of carbonyl (C=O) groups is 1. The molecule has 0 aromatic heterocycles. The maximum atomic E-state index is 11.5. The maximum absolute atomic E-state index is 11.5. The van der Waals surface area contributed by atoms with E-state index in [2.05, 4.69) is 10.6 Å². The van der Waals surface area contributed by atoms with E-state index in [9.17, 15) is 4.79 Å². The molecule has 0 saturated carbocycles. The average Bonchev–Trinajstić information content (AvgIpc) is 2.31. The van der Waals surface area contributed by atoms with Gasteiger partial charge in [0, 0.05) is 18.3 Å². The molecule has 1 aromatic carbocycles. The lowest BCUT2D eigenvalue weighted by atomic mass is 10.2. The van der Waals surface area contributed by atoms with Gasteiger partial charge in [0.25, 0.3) is 0 Å². The summed E-state index contributed by atoms with van der Waals surface area (Å²) < 4.78 is 5.10. The first-order chi connectivity index (χ1) is 8.08. The Morgan fingerprint density at radius 2 is 2.24 bits per heavy atom. The number of anilines is 1. The summed E-state index contributed by atoms with van der Waals surface area (Å²) in [6, 6.07) is 4.99. The Hall–Kier alpha value is -1.42. The van der Waals surface area contributed by atoms with Crippen molar-refractivity contribution in [2.75, 3.05) is 19.0 Å². The number of hydrogen-bond acceptors (Lipinski definition) is 3. The molecular weight excluding hydrogens is 240 g/mol. The number of benzene rings is 1. The monoisotopic (exact) mass is 256 g/mol. The van der Waals surface area contributed by atoms with Gasteiger partial charge < -0.3 is 15.4 Å². The van der Waals surface area contributed by atoms with Crippen LogP contribution in [0.15, 0.2) is 18.2 Å². The van der Waals surface area contributed by atoms with Crippen molar-refractivity contribution >= 4 is 23.2 Å². The first-order valence-corrected chi connectivity index (χ1v) is 5.84. The summed E-state index contributed by atoms with van der Waals surface area (Å²) in [5, 5.41) is 6.37. The predicted molar refractivity (Wildman–Crippen MR) is 69.8 cm³/mol. The molecule has 4 nitrogen and oxygen atoms in total. The van der Waals surface area contributed by atoms with Crippen LogP contribution in [0.5, 0.6) is 5.75 Å². The minimum absolute atomic E-state index is 0.0404. The van der Waals surface area contributed by atoms with Crippen molar-refractivity contribution in [2.45, 2.75) is 19.9 Å². The van der Waals surface area contributed by atoms with Crippen LogP contribution >= 0.6 is 11.6 Å². The van der Waals surface area contributed by atoms with Gasteiger partial charge in [-0.3, -0.25) is 4.79 Å². The van der Waals surface area contributed by atoms with Crippen molar-refractivity contribution in [3.05, 3.63) is 23.2 Å². The molecule has 0 saturated heterocycles. The lowest BCUT2D eigenvalue weighted by Crippen LogP contribution is -2.37. The van der Waals surface area contributed by atoms with Crippen LogP contribution in [0.2, 0.25) is 5.02 Å². The van der Waals surface area contributed by atoms with E-state index in [0.717, 1.165) is 5.69 Å². The fraction of sp³-hybridized carbons (Fsp3) is 0.417. The van der Waals surface area contributed by atoms with Crippen LogP contribution in [-0.2, 0) is 4.79 Å². The smallest absolute Gasteiger partial charge is 0.242 e. The average molecular weight is 257 g/mol. The Labute approximate surface area is 106 Å². The molecule has 94 valence electrons. The topological polar surface area (TPSA) is 50.4 Å². The quantitative estimate of drug-likeness (QED) is 0.850. The van der Waals surface area contributed by atoms with Crippen molar-refractivity contribution in [2.24, 2.45) is 0 Å². The first kappa shape index (κ1) is 13.6. The van der Waals surface area contributed by atoms with Crippen molar-refractivity contribution < 1.29 is 9.53 Å². The molecule has 1 aromatic rings. The van der Waals surface area contributed by atoms with Crippen LogP contribution in [0.1, 0.15) is 13.8 Å². The molecule has 1 rings (SSSR count). The summed E-state index contributed by atoms with van der Waals surface area (Å²) in [6.45, 7) is 4.30. The Morgan fingerprint density at radius 1 is 1.53 bits per heavy atom. The van der Waals surface area contributed by atoms with Crippen LogP contribution in [0.4, 0.5) is 5.69 Å². The maximum Gasteiger partial charge on any atom is 0.242 e. The molecule has 1 unspecified atom stereocenters. The third-order valence-corrected chi connectivity index (χ3v) is 2.59. The standard InChI is InChI=1S/C12H17ClN2O2/c1-4-14-12(16)8(2)15-9-5-6-10(13)11(7-9)17-3/h5-8,15H,4H2,1-3H3,(H,14,16). The second-order valence-corrected chi connectivity index (χ2v) is 4.02. The first-order valence-electron chi connectivity index (χ1n) is 5.46. The fourth-order valence-corrected chi connectivity index (χ4v) is 1.59. The van der Waals surface area contributed by atoms with Crippen molar-refractivity contribution in [3.63, 3.8) is 0 Å². The molecule has 2 N–H and O–H groups in total. The van der Waals surface area contributed by atoms with Crippen LogP contribution in [-0.4, -0.2) is 25.6 Å². The minimum atomic E-state index is -0.305.